The number of nitrogens with one attached hydrogen (secondary N) is 2. The molecule has 0 saturated heterocycles. The van der Waals surface area contributed by atoms with Gasteiger partial charge in [-0.1, -0.05) is 29.8 Å². The highest BCUT2D eigenvalue weighted by atomic mass is 79.9. The summed E-state index contributed by atoms with van der Waals surface area (Å²) in [5, 5.41) is 3.08. The monoisotopic (exact) mass is 334 g/mol. The van der Waals surface area contributed by atoms with Gasteiger partial charge >= 0.3 is 0 Å². The lowest BCUT2D eigenvalue weighted by Gasteiger charge is -2.11. The quantitative estimate of drug-likeness (QED) is 0.840. The normalized spacial score (nSPS) is 11.8. The molecule has 0 aliphatic rings. The lowest BCUT2D eigenvalue weighted by atomic mass is 10.2. The molecule has 1 rings (SSSR count). The first-order valence-electron chi connectivity index (χ1n) is 5.80. The maximum Gasteiger partial charge on any atom is 0.233 e. The Bertz CT molecular complexity index is 501. The van der Waals surface area contributed by atoms with Gasteiger partial charge in [0.25, 0.3) is 0 Å². The second-order valence-electron chi connectivity index (χ2n) is 4.49. The van der Waals surface area contributed by atoms with Crippen molar-refractivity contribution in [2.45, 2.75) is 26.8 Å². The summed E-state index contributed by atoms with van der Waals surface area (Å²) < 4.78 is 27.2. The average molecular weight is 335 g/mol. The summed E-state index contributed by atoms with van der Waals surface area (Å²) in [6.45, 7) is 6.33. The Labute approximate surface area is 117 Å². The molecule has 0 spiro atoms. The van der Waals surface area contributed by atoms with Crippen LogP contribution in [0.1, 0.15) is 19.4 Å². The minimum Gasteiger partial charge on any atom is -0.313 e. The zero-order valence-corrected chi connectivity index (χ0v) is 13.2. The van der Waals surface area contributed by atoms with Crippen molar-refractivity contribution in [3.05, 3.63) is 28.2 Å². The van der Waals surface area contributed by atoms with Gasteiger partial charge in [0.05, 0.1) is 5.75 Å². The van der Waals surface area contributed by atoms with Crippen LogP contribution in [-0.2, 0) is 10.0 Å². The predicted molar refractivity (Wildman–Crippen MR) is 79.4 cm³/mol. The first-order chi connectivity index (χ1) is 8.30. The summed E-state index contributed by atoms with van der Waals surface area (Å²) in [5.41, 5.74) is 1.59. The molecular formula is C12H19BrN2O2S. The second-order valence-corrected chi connectivity index (χ2v) is 7.19. The van der Waals surface area contributed by atoms with Crippen LogP contribution in [0.2, 0.25) is 0 Å². The van der Waals surface area contributed by atoms with Gasteiger partial charge in [0.15, 0.2) is 0 Å². The van der Waals surface area contributed by atoms with Crippen molar-refractivity contribution < 1.29 is 8.42 Å². The smallest absolute Gasteiger partial charge is 0.233 e. The Balaban J connectivity index is 2.62. The van der Waals surface area contributed by atoms with Crippen molar-refractivity contribution >= 4 is 31.6 Å². The Kier molecular flexibility index (Phi) is 5.62. The maximum absolute atomic E-state index is 11.8. The molecule has 0 saturated carbocycles. The highest BCUT2D eigenvalue weighted by molar-refractivity contribution is 9.10. The largest absolute Gasteiger partial charge is 0.313 e. The third-order valence-electron chi connectivity index (χ3n) is 2.35. The molecule has 4 nitrogen and oxygen atoms in total. The van der Waals surface area contributed by atoms with Crippen LogP contribution in [0.15, 0.2) is 22.7 Å². The molecule has 0 aromatic heterocycles. The van der Waals surface area contributed by atoms with Gasteiger partial charge in [0, 0.05) is 22.7 Å². The Morgan fingerprint density at radius 3 is 2.56 bits per heavy atom. The van der Waals surface area contributed by atoms with Crippen LogP contribution in [0.5, 0.6) is 0 Å². The van der Waals surface area contributed by atoms with Gasteiger partial charge < -0.3 is 5.32 Å². The fraction of sp³-hybridized carbons (Fsp3) is 0.500. The van der Waals surface area contributed by atoms with Gasteiger partial charge in [0.1, 0.15) is 0 Å². The molecule has 102 valence electrons. The molecule has 0 amide bonds. The van der Waals surface area contributed by atoms with Gasteiger partial charge in [0.2, 0.25) is 10.0 Å². The van der Waals surface area contributed by atoms with Crippen LogP contribution < -0.4 is 10.0 Å². The minimum absolute atomic E-state index is 0.0697. The highest BCUT2D eigenvalue weighted by Crippen LogP contribution is 2.20. The second kappa shape index (κ2) is 6.54. The first kappa shape index (κ1) is 15.5. The Morgan fingerprint density at radius 2 is 2.00 bits per heavy atom. The third kappa shape index (κ3) is 5.37. The maximum atomic E-state index is 11.8. The molecule has 0 unspecified atom stereocenters. The number of aryl methyl sites for hydroxylation is 1. The number of halogens is 1. The van der Waals surface area contributed by atoms with E-state index in [2.05, 4.69) is 26.0 Å². The topological polar surface area (TPSA) is 58.2 Å². The lowest BCUT2D eigenvalue weighted by Crippen LogP contribution is -2.30. The molecule has 0 heterocycles. The standard InChI is InChI=1S/C12H19BrN2O2S/c1-9(2)14-6-7-18(16,17)15-11-4-5-12(13)10(3)8-11/h4-5,8-9,14-15H,6-7H2,1-3H3. The lowest BCUT2D eigenvalue weighted by molar-refractivity contribution is 0.582. The van der Waals surface area contributed by atoms with Crippen molar-refractivity contribution in [3.8, 4) is 0 Å². The molecular weight excluding hydrogens is 316 g/mol. The van der Waals surface area contributed by atoms with Crippen LogP contribution in [0.25, 0.3) is 0 Å². The molecule has 0 bridgehead atoms. The summed E-state index contributed by atoms with van der Waals surface area (Å²) in [5.74, 6) is 0.0697. The summed E-state index contributed by atoms with van der Waals surface area (Å²) in [7, 11) is -3.29. The molecule has 0 radical (unpaired) electrons. The van der Waals surface area contributed by atoms with E-state index in [4.69, 9.17) is 0 Å². The third-order valence-corrected chi connectivity index (χ3v) is 4.53. The fourth-order valence-electron chi connectivity index (χ4n) is 1.42. The molecule has 0 atom stereocenters. The van der Waals surface area contributed by atoms with E-state index in [-0.39, 0.29) is 11.8 Å². The Morgan fingerprint density at radius 1 is 1.33 bits per heavy atom. The predicted octanol–water partition coefficient (Wildman–Crippen LogP) is 2.50. The molecule has 18 heavy (non-hydrogen) atoms. The number of hydrogen-bond donors (Lipinski definition) is 2. The molecule has 1 aromatic rings. The van der Waals surface area contributed by atoms with E-state index in [1.54, 1.807) is 12.1 Å². The number of anilines is 1. The van der Waals surface area contributed by atoms with Crippen molar-refractivity contribution in [2.75, 3.05) is 17.0 Å². The van der Waals surface area contributed by atoms with E-state index in [1.165, 1.54) is 0 Å². The fourth-order valence-corrected chi connectivity index (χ4v) is 2.64. The zero-order chi connectivity index (χ0) is 13.8. The van der Waals surface area contributed by atoms with Gasteiger partial charge in [-0.3, -0.25) is 4.72 Å². The molecule has 6 heteroatoms. The number of rotatable bonds is 6. The molecule has 0 aliphatic carbocycles. The number of sulfonamides is 1. The van der Waals surface area contributed by atoms with Crippen molar-refractivity contribution in [3.63, 3.8) is 0 Å². The molecule has 1 aromatic carbocycles. The number of benzene rings is 1. The van der Waals surface area contributed by atoms with Crippen molar-refractivity contribution in [1.82, 2.24) is 5.32 Å². The van der Waals surface area contributed by atoms with Gasteiger partial charge in [-0.15, -0.1) is 0 Å². The van der Waals surface area contributed by atoms with E-state index >= 15 is 0 Å². The van der Waals surface area contributed by atoms with E-state index in [1.807, 2.05) is 26.8 Å². The first-order valence-corrected chi connectivity index (χ1v) is 8.25. The average Bonchev–Trinajstić information content (AvgIpc) is 2.22. The van der Waals surface area contributed by atoms with Gasteiger partial charge in [-0.25, -0.2) is 8.42 Å². The minimum atomic E-state index is -3.29. The highest BCUT2D eigenvalue weighted by Gasteiger charge is 2.10. The summed E-state index contributed by atoms with van der Waals surface area (Å²) >= 11 is 3.38. The molecule has 0 aliphatic heterocycles. The summed E-state index contributed by atoms with van der Waals surface area (Å²) in [6, 6.07) is 5.66. The van der Waals surface area contributed by atoms with E-state index in [0.717, 1.165) is 10.0 Å². The van der Waals surface area contributed by atoms with Crippen LogP contribution in [0, 0.1) is 6.92 Å². The van der Waals surface area contributed by atoms with Crippen LogP contribution in [-0.4, -0.2) is 26.8 Å². The number of hydrogen-bond acceptors (Lipinski definition) is 3. The Hall–Kier alpha value is -0.590. The van der Waals surface area contributed by atoms with Crippen molar-refractivity contribution in [1.29, 1.82) is 0 Å². The summed E-state index contributed by atoms with van der Waals surface area (Å²) in [4.78, 5) is 0. The summed E-state index contributed by atoms with van der Waals surface area (Å²) in [6.07, 6.45) is 0. The molecule has 2 N–H and O–H groups in total. The van der Waals surface area contributed by atoms with Crippen LogP contribution in [0.3, 0.4) is 0 Å². The van der Waals surface area contributed by atoms with Crippen LogP contribution >= 0.6 is 15.9 Å². The van der Waals surface area contributed by atoms with Gasteiger partial charge in [-0.05, 0) is 30.7 Å². The van der Waals surface area contributed by atoms with E-state index in [9.17, 15) is 8.42 Å². The van der Waals surface area contributed by atoms with Gasteiger partial charge in [-0.2, -0.15) is 0 Å². The van der Waals surface area contributed by atoms with Crippen molar-refractivity contribution in [2.24, 2.45) is 0 Å². The SMILES string of the molecule is Cc1cc(NS(=O)(=O)CCNC(C)C)ccc1Br. The zero-order valence-electron chi connectivity index (χ0n) is 10.8. The van der Waals surface area contributed by atoms with E-state index < -0.39 is 10.0 Å². The molecule has 0 fully saturated rings. The van der Waals surface area contributed by atoms with Crippen LogP contribution in [0.4, 0.5) is 5.69 Å². The van der Waals surface area contributed by atoms with E-state index in [0.29, 0.717) is 12.2 Å².